The number of guanidine groups is 1. The Morgan fingerprint density at radius 1 is 1.17 bits per heavy atom. The molecule has 1 aliphatic rings. The first-order valence-electron chi connectivity index (χ1n) is 9.70. The topological polar surface area (TPSA) is 74.8 Å². The summed E-state index contributed by atoms with van der Waals surface area (Å²) in [5.41, 5.74) is 3.16. The molecule has 0 fully saturated rings. The summed E-state index contributed by atoms with van der Waals surface area (Å²) in [6.07, 6.45) is 0.367. The van der Waals surface area contributed by atoms with E-state index in [1.54, 1.807) is 7.11 Å². The fraction of sp³-hybridized carbons (Fsp3) is 0.364. The van der Waals surface area contributed by atoms with Gasteiger partial charge in [0.1, 0.15) is 6.10 Å². The molecule has 3 rings (SSSR count). The van der Waals surface area contributed by atoms with E-state index >= 15 is 0 Å². The lowest BCUT2D eigenvalue weighted by Crippen LogP contribution is -2.41. The van der Waals surface area contributed by atoms with E-state index in [2.05, 4.69) is 27.0 Å². The van der Waals surface area contributed by atoms with E-state index in [0.717, 1.165) is 29.3 Å². The van der Waals surface area contributed by atoms with Crippen LogP contribution in [0.15, 0.2) is 59.6 Å². The van der Waals surface area contributed by atoms with Gasteiger partial charge >= 0.3 is 0 Å². The quantitative estimate of drug-likeness (QED) is 0.303. The molecule has 1 heterocycles. The second-order valence-corrected chi connectivity index (χ2v) is 6.77. The molecule has 2 aromatic carbocycles. The van der Waals surface area contributed by atoms with Gasteiger partial charge < -0.3 is 20.7 Å². The van der Waals surface area contributed by atoms with Gasteiger partial charge in [0.05, 0.1) is 6.54 Å². The van der Waals surface area contributed by atoms with Gasteiger partial charge in [0.15, 0.2) is 5.96 Å². The molecule has 0 spiro atoms. The minimum absolute atomic E-state index is 0. The molecule has 2 aromatic rings. The fourth-order valence-electron chi connectivity index (χ4n) is 3.40. The van der Waals surface area contributed by atoms with Crippen LogP contribution >= 0.6 is 24.0 Å². The number of ether oxygens (including phenoxy) is 1. The van der Waals surface area contributed by atoms with E-state index in [9.17, 15) is 4.79 Å². The number of rotatable bonds is 7. The Morgan fingerprint density at radius 3 is 2.62 bits per heavy atom. The van der Waals surface area contributed by atoms with Crippen LogP contribution in [0.25, 0.3) is 0 Å². The zero-order chi connectivity index (χ0) is 19.8. The number of halogens is 1. The van der Waals surface area contributed by atoms with Crippen LogP contribution in [0.1, 0.15) is 36.5 Å². The molecule has 0 aliphatic carbocycles. The maximum absolute atomic E-state index is 12.0. The molecule has 0 radical (unpaired) electrons. The van der Waals surface area contributed by atoms with Crippen molar-refractivity contribution in [2.75, 3.05) is 32.1 Å². The summed E-state index contributed by atoms with van der Waals surface area (Å²) >= 11 is 0. The molecule has 7 heteroatoms. The van der Waals surface area contributed by atoms with E-state index in [1.165, 1.54) is 0 Å². The largest absolute Gasteiger partial charge is 0.375 e. The predicted octanol–water partition coefficient (Wildman–Crippen LogP) is 3.67. The predicted molar refractivity (Wildman–Crippen MR) is 128 cm³/mol. The van der Waals surface area contributed by atoms with Crippen molar-refractivity contribution in [1.29, 1.82) is 0 Å². The maximum atomic E-state index is 12.0. The standard InChI is InChI=1S/C22H28N4O2.HI/c1-3-23-22(25-15-20(28-2)16-9-5-4-6-10-16)24-14-17-13-21(27)26-19-12-8-7-11-18(17)19;/h4-12,17,20H,3,13-15H2,1-2H3,(H,26,27)(H2,23,24,25);1H. The average molecular weight is 508 g/mol. The number of nitrogens with one attached hydrogen (secondary N) is 3. The summed E-state index contributed by atoms with van der Waals surface area (Å²) in [5.74, 6) is 0.890. The molecule has 0 aromatic heterocycles. The summed E-state index contributed by atoms with van der Waals surface area (Å²) in [4.78, 5) is 16.7. The minimum Gasteiger partial charge on any atom is -0.375 e. The highest BCUT2D eigenvalue weighted by atomic mass is 127. The Balaban J connectivity index is 0.00000300. The summed E-state index contributed by atoms with van der Waals surface area (Å²) in [5, 5.41) is 9.60. The Kier molecular flexibility index (Phi) is 9.40. The third kappa shape index (κ3) is 6.43. The van der Waals surface area contributed by atoms with Gasteiger partial charge in [0.2, 0.25) is 5.91 Å². The number of hydrogen-bond donors (Lipinski definition) is 3. The number of hydrogen-bond acceptors (Lipinski definition) is 3. The summed E-state index contributed by atoms with van der Waals surface area (Å²) < 4.78 is 5.60. The lowest BCUT2D eigenvalue weighted by molar-refractivity contribution is -0.116. The Morgan fingerprint density at radius 2 is 1.90 bits per heavy atom. The van der Waals surface area contributed by atoms with Gasteiger partial charge in [-0.05, 0) is 24.1 Å². The van der Waals surface area contributed by atoms with Crippen molar-refractivity contribution in [1.82, 2.24) is 10.6 Å². The average Bonchev–Trinajstić information content (AvgIpc) is 2.72. The van der Waals surface area contributed by atoms with Gasteiger partial charge in [0, 0.05) is 38.2 Å². The Labute approximate surface area is 189 Å². The second-order valence-electron chi connectivity index (χ2n) is 6.77. The Bertz CT molecular complexity index is 813. The van der Waals surface area contributed by atoms with Crippen molar-refractivity contribution in [2.24, 2.45) is 4.99 Å². The number of nitrogens with zero attached hydrogens (tertiary/aromatic N) is 1. The Hall–Kier alpha value is -2.13. The van der Waals surface area contributed by atoms with Gasteiger partial charge in [0.25, 0.3) is 0 Å². The molecular formula is C22H29IN4O2. The summed E-state index contributed by atoms with van der Waals surface area (Å²) in [7, 11) is 1.70. The first-order valence-corrected chi connectivity index (χ1v) is 9.70. The number of fused-ring (bicyclic) bond motifs is 1. The second kappa shape index (κ2) is 11.8. The van der Waals surface area contributed by atoms with Crippen molar-refractivity contribution < 1.29 is 9.53 Å². The molecule has 0 saturated heterocycles. The van der Waals surface area contributed by atoms with Crippen LogP contribution in [0.3, 0.4) is 0 Å². The number of para-hydroxylation sites is 1. The highest BCUT2D eigenvalue weighted by molar-refractivity contribution is 14.0. The van der Waals surface area contributed by atoms with Crippen molar-refractivity contribution in [3.05, 3.63) is 65.7 Å². The van der Waals surface area contributed by atoms with Crippen molar-refractivity contribution in [2.45, 2.75) is 25.4 Å². The van der Waals surface area contributed by atoms with Gasteiger partial charge in [-0.2, -0.15) is 0 Å². The van der Waals surface area contributed by atoms with E-state index in [-0.39, 0.29) is 41.9 Å². The van der Waals surface area contributed by atoms with Crippen LogP contribution in [0, 0.1) is 0 Å². The van der Waals surface area contributed by atoms with E-state index in [0.29, 0.717) is 19.5 Å². The zero-order valence-electron chi connectivity index (χ0n) is 16.9. The lowest BCUT2D eigenvalue weighted by atomic mass is 9.90. The monoisotopic (exact) mass is 508 g/mol. The minimum atomic E-state index is -0.0992. The van der Waals surface area contributed by atoms with Crippen LogP contribution in [-0.2, 0) is 9.53 Å². The molecule has 2 unspecified atom stereocenters. The van der Waals surface area contributed by atoms with Crippen LogP contribution < -0.4 is 16.0 Å². The summed E-state index contributed by atoms with van der Waals surface area (Å²) in [6.45, 7) is 3.94. The van der Waals surface area contributed by atoms with Gasteiger partial charge in [-0.1, -0.05) is 48.5 Å². The molecule has 2 atom stereocenters. The summed E-state index contributed by atoms with van der Waals surface area (Å²) in [6, 6.07) is 18.0. The number of anilines is 1. The highest BCUT2D eigenvalue weighted by Crippen LogP contribution is 2.31. The molecule has 3 N–H and O–H groups in total. The van der Waals surface area contributed by atoms with Gasteiger partial charge in [-0.3, -0.25) is 9.79 Å². The molecule has 0 saturated carbocycles. The molecular weight excluding hydrogens is 479 g/mol. The zero-order valence-corrected chi connectivity index (χ0v) is 19.2. The molecule has 0 bridgehead atoms. The first kappa shape index (κ1) is 23.2. The first-order chi connectivity index (χ1) is 13.7. The number of carbonyl (C=O) groups is 1. The van der Waals surface area contributed by atoms with Crippen molar-refractivity contribution >= 4 is 41.5 Å². The maximum Gasteiger partial charge on any atom is 0.225 e. The van der Waals surface area contributed by atoms with Crippen LogP contribution in [0.5, 0.6) is 0 Å². The van der Waals surface area contributed by atoms with E-state index in [4.69, 9.17) is 4.74 Å². The lowest BCUT2D eigenvalue weighted by Gasteiger charge is -2.26. The third-order valence-corrected chi connectivity index (χ3v) is 4.84. The molecule has 1 aliphatic heterocycles. The van der Waals surface area contributed by atoms with Gasteiger partial charge in [-0.15, -0.1) is 24.0 Å². The fourth-order valence-corrected chi connectivity index (χ4v) is 3.40. The number of benzene rings is 2. The molecule has 1 amide bonds. The van der Waals surface area contributed by atoms with Crippen LogP contribution in [0.4, 0.5) is 5.69 Å². The molecule has 156 valence electrons. The third-order valence-electron chi connectivity index (χ3n) is 4.84. The number of carbonyl (C=O) groups excluding carboxylic acids is 1. The number of amides is 1. The molecule has 29 heavy (non-hydrogen) atoms. The normalized spacial score (nSPS) is 16.8. The molecule has 6 nitrogen and oxygen atoms in total. The van der Waals surface area contributed by atoms with E-state index in [1.807, 2.05) is 55.5 Å². The van der Waals surface area contributed by atoms with Crippen LogP contribution in [0.2, 0.25) is 0 Å². The number of aliphatic imine (C=N–C) groups is 1. The smallest absolute Gasteiger partial charge is 0.225 e. The van der Waals surface area contributed by atoms with E-state index < -0.39 is 0 Å². The van der Waals surface area contributed by atoms with Gasteiger partial charge in [-0.25, -0.2) is 0 Å². The SMILES string of the molecule is CCNC(=NCC(OC)c1ccccc1)NCC1CC(=O)Nc2ccccc21.I. The number of methoxy groups -OCH3 is 1. The van der Waals surface area contributed by atoms with Crippen LogP contribution in [-0.4, -0.2) is 38.6 Å². The van der Waals surface area contributed by atoms with Crippen molar-refractivity contribution in [3.8, 4) is 0 Å². The highest BCUT2D eigenvalue weighted by Gasteiger charge is 2.24. The van der Waals surface area contributed by atoms with Crippen molar-refractivity contribution in [3.63, 3.8) is 0 Å².